The summed E-state index contributed by atoms with van der Waals surface area (Å²) in [6.07, 6.45) is 4.22. The van der Waals surface area contributed by atoms with E-state index >= 15 is 0 Å². The molecule has 0 aliphatic heterocycles. The molecule has 1 aromatic carbocycles. The van der Waals surface area contributed by atoms with Gasteiger partial charge in [0, 0.05) is 18.1 Å². The summed E-state index contributed by atoms with van der Waals surface area (Å²) in [7, 11) is 0. The van der Waals surface area contributed by atoms with Crippen molar-refractivity contribution in [3.05, 3.63) is 48.0 Å². The van der Waals surface area contributed by atoms with Crippen LogP contribution in [0.5, 0.6) is 0 Å². The van der Waals surface area contributed by atoms with Crippen LogP contribution in [0, 0.1) is 11.2 Å². The zero-order valence-electron chi connectivity index (χ0n) is 14.0. The number of rotatable bonds is 5. The van der Waals surface area contributed by atoms with E-state index in [0.717, 1.165) is 5.56 Å². The maximum Gasteiger partial charge on any atom is 0.242 e. The van der Waals surface area contributed by atoms with E-state index in [1.165, 1.54) is 24.3 Å². The van der Waals surface area contributed by atoms with Gasteiger partial charge in [0.25, 0.3) is 0 Å². The number of hydrogen-bond acceptors (Lipinski definition) is 4. The molecule has 0 radical (unpaired) electrons. The lowest BCUT2D eigenvalue weighted by atomic mass is 10.1. The maximum absolute atomic E-state index is 12.9. The van der Waals surface area contributed by atoms with E-state index in [1.807, 2.05) is 13.8 Å². The fourth-order valence-corrected chi connectivity index (χ4v) is 2.39. The van der Waals surface area contributed by atoms with Crippen LogP contribution in [0.2, 0.25) is 0 Å². The van der Waals surface area contributed by atoms with Crippen molar-refractivity contribution >= 4 is 23.5 Å². The SMILES string of the molecule is CC(C)c1cnc(NC(=O)C2(C(=O)Nc3ccc(F)cc3)CC2)nc1. The molecule has 0 unspecified atom stereocenters. The number of nitrogens with zero attached hydrogens (tertiary/aromatic N) is 2. The van der Waals surface area contributed by atoms with Gasteiger partial charge in [0.2, 0.25) is 17.8 Å². The van der Waals surface area contributed by atoms with Crippen molar-refractivity contribution in [2.45, 2.75) is 32.6 Å². The average Bonchev–Trinajstić information content (AvgIpc) is 3.39. The van der Waals surface area contributed by atoms with Crippen LogP contribution in [0.15, 0.2) is 36.7 Å². The molecule has 2 aromatic rings. The van der Waals surface area contributed by atoms with Crippen molar-refractivity contribution < 1.29 is 14.0 Å². The fourth-order valence-electron chi connectivity index (χ4n) is 2.39. The largest absolute Gasteiger partial charge is 0.325 e. The van der Waals surface area contributed by atoms with Gasteiger partial charge in [0.05, 0.1) is 0 Å². The fraction of sp³-hybridized carbons (Fsp3) is 0.333. The van der Waals surface area contributed by atoms with Gasteiger partial charge in [-0.2, -0.15) is 0 Å². The van der Waals surface area contributed by atoms with E-state index < -0.39 is 17.2 Å². The van der Waals surface area contributed by atoms with Crippen LogP contribution in [-0.2, 0) is 9.59 Å². The number of aromatic nitrogens is 2. The Morgan fingerprint density at radius 1 is 1.04 bits per heavy atom. The van der Waals surface area contributed by atoms with Gasteiger partial charge in [0.1, 0.15) is 11.2 Å². The number of carbonyl (C=O) groups excluding carboxylic acids is 2. The smallest absolute Gasteiger partial charge is 0.242 e. The van der Waals surface area contributed by atoms with Crippen LogP contribution in [0.1, 0.15) is 38.2 Å². The van der Waals surface area contributed by atoms with Gasteiger partial charge < -0.3 is 5.32 Å². The molecule has 2 N–H and O–H groups in total. The number of amides is 2. The number of hydrogen-bond donors (Lipinski definition) is 2. The van der Waals surface area contributed by atoms with Gasteiger partial charge >= 0.3 is 0 Å². The summed E-state index contributed by atoms with van der Waals surface area (Å²) < 4.78 is 12.9. The third-order valence-corrected chi connectivity index (χ3v) is 4.29. The first-order valence-electron chi connectivity index (χ1n) is 8.11. The lowest BCUT2D eigenvalue weighted by molar-refractivity contribution is -0.131. The first kappa shape index (κ1) is 17.0. The summed E-state index contributed by atoms with van der Waals surface area (Å²) in [6, 6.07) is 5.41. The molecule has 1 aromatic heterocycles. The van der Waals surface area contributed by atoms with E-state index in [0.29, 0.717) is 24.4 Å². The highest BCUT2D eigenvalue weighted by Crippen LogP contribution is 2.47. The monoisotopic (exact) mass is 342 g/mol. The van der Waals surface area contributed by atoms with Gasteiger partial charge in [-0.25, -0.2) is 14.4 Å². The molecule has 1 aliphatic carbocycles. The molecule has 0 saturated heterocycles. The molecular formula is C18H19FN4O2. The molecule has 0 bridgehead atoms. The minimum Gasteiger partial charge on any atom is -0.325 e. The molecule has 2 amide bonds. The third kappa shape index (κ3) is 3.65. The highest BCUT2D eigenvalue weighted by molar-refractivity contribution is 6.16. The summed E-state index contributed by atoms with van der Waals surface area (Å²) in [5.41, 5.74) is 0.297. The second kappa shape index (κ2) is 6.58. The van der Waals surface area contributed by atoms with Gasteiger partial charge in [-0.15, -0.1) is 0 Å². The number of benzene rings is 1. The van der Waals surface area contributed by atoms with Crippen LogP contribution >= 0.6 is 0 Å². The highest BCUT2D eigenvalue weighted by atomic mass is 19.1. The van der Waals surface area contributed by atoms with E-state index in [1.54, 1.807) is 12.4 Å². The van der Waals surface area contributed by atoms with Gasteiger partial charge in [-0.05, 0) is 48.6 Å². The molecule has 1 heterocycles. The molecule has 7 heteroatoms. The Hall–Kier alpha value is -2.83. The van der Waals surface area contributed by atoms with Gasteiger partial charge in [-0.1, -0.05) is 13.8 Å². The van der Waals surface area contributed by atoms with Crippen molar-refractivity contribution in [1.82, 2.24) is 9.97 Å². The van der Waals surface area contributed by atoms with Crippen molar-refractivity contribution in [3.63, 3.8) is 0 Å². The van der Waals surface area contributed by atoms with Crippen LogP contribution in [0.4, 0.5) is 16.0 Å². The summed E-state index contributed by atoms with van der Waals surface area (Å²) in [4.78, 5) is 33.2. The topological polar surface area (TPSA) is 84.0 Å². The van der Waals surface area contributed by atoms with Crippen molar-refractivity contribution in [3.8, 4) is 0 Å². The Bertz CT molecular complexity index is 784. The van der Waals surface area contributed by atoms with Crippen LogP contribution < -0.4 is 10.6 Å². The molecule has 3 rings (SSSR count). The van der Waals surface area contributed by atoms with E-state index in [4.69, 9.17) is 0 Å². The number of halogens is 1. The zero-order valence-corrected chi connectivity index (χ0v) is 14.0. The minimum atomic E-state index is -1.12. The third-order valence-electron chi connectivity index (χ3n) is 4.29. The number of anilines is 2. The summed E-state index contributed by atoms with van der Waals surface area (Å²) in [6.45, 7) is 4.05. The van der Waals surface area contributed by atoms with Gasteiger partial charge in [0.15, 0.2) is 0 Å². The normalized spacial score (nSPS) is 14.9. The summed E-state index contributed by atoms with van der Waals surface area (Å²) in [5.74, 6) is -0.755. The molecule has 1 saturated carbocycles. The Morgan fingerprint density at radius 3 is 2.12 bits per heavy atom. The van der Waals surface area contributed by atoms with Crippen molar-refractivity contribution in [2.24, 2.45) is 5.41 Å². The average molecular weight is 342 g/mol. The Labute approximate surface area is 144 Å². The van der Waals surface area contributed by atoms with E-state index in [-0.39, 0.29) is 11.8 Å². The van der Waals surface area contributed by atoms with Gasteiger partial charge in [-0.3, -0.25) is 14.9 Å². The van der Waals surface area contributed by atoms with Crippen LogP contribution in [0.25, 0.3) is 0 Å². The molecule has 0 spiro atoms. The lowest BCUT2D eigenvalue weighted by Crippen LogP contribution is -2.36. The van der Waals surface area contributed by atoms with Crippen LogP contribution in [0.3, 0.4) is 0 Å². The number of carbonyl (C=O) groups is 2. The summed E-state index contributed by atoms with van der Waals surface area (Å²) in [5, 5.41) is 5.26. The quantitative estimate of drug-likeness (QED) is 0.818. The minimum absolute atomic E-state index is 0.176. The predicted molar refractivity (Wildman–Crippen MR) is 91.4 cm³/mol. The zero-order chi connectivity index (χ0) is 18.0. The molecule has 1 fully saturated rings. The van der Waals surface area contributed by atoms with E-state index in [2.05, 4.69) is 20.6 Å². The second-order valence-electron chi connectivity index (χ2n) is 6.49. The molecule has 0 atom stereocenters. The predicted octanol–water partition coefficient (Wildman–Crippen LogP) is 3.10. The Morgan fingerprint density at radius 2 is 1.60 bits per heavy atom. The second-order valence-corrected chi connectivity index (χ2v) is 6.49. The maximum atomic E-state index is 12.9. The molecular weight excluding hydrogens is 323 g/mol. The van der Waals surface area contributed by atoms with Crippen LogP contribution in [-0.4, -0.2) is 21.8 Å². The standard InChI is InChI=1S/C18H19FN4O2/c1-11(2)12-9-20-17(21-10-12)23-16(25)18(7-8-18)15(24)22-14-5-3-13(19)4-6-14/h3-6,9-11H,7-8H2,1-2H3,(H,22,24)(H,20,21,23,25). The van der Waals surface area contributed by atoms with E-state index in [9.17, 15) is 14.0 Å². The van der Waals surface area contributed by atoms with Crippen molar-refractivity contribution in [2.75, 3.05) is 10.6 Å². The van der Waals surface area contributed by atoms with Crippen molar-refractivity contribution in [1.29, 1.82) is 0 Å². The molecule has 1 aliphatic rings. The highest BCUT2D eigenvalue weighted by Gasteiger charge is 2.56. The Balaban J connectivity index is 1.66. The molecule has 130 valence electrons. The Kier molecular flexibility index (Phi) is 4.48. The molecule has 6 nitrogen and oxygen atoms in total. The first-order chi connectivity index (χ1) is 11.9. The summed E-state index contributed by atoms with van der Waals surface area (Å²) >= 11 is 0. The number of nitrogens with one attached hydrogen (secondary N) is 2. The first-order valence-corrected chi connectivity index (χ1v) is 8.11. The lowest BCUT2D eigenvalue weighted by Gasteiger charge is -2.15. The molecule has 25 heavy (non-hydrogen) atoms.